The van der Waals surface area contributed by atoms with Gasteiger partial charge in [0.05, 0.1) is 29.5 Å². The van der Waals surface area contributed by atoms with Gasteiger partial charge in [-0.15, -0.1) is 0 Å². The van der Waals surface area contributed by atoms with Gasteiger partial charge in [-0.2, -0.15) is 0 Å². The minimum Gasteiger partial charge on any atom is -0.463 e. The second-order valence-corrected chi connectivity index (χ2v) is 6.07. The van der Waals surface area contributed by atoms with E-state index in [4.69, 9.17) is 9.47 Å². The SMILES string of the molecule is CCOC(=O)C1=C(COC(=O)c2ccc(C)cc2C)NC(=O)N[C@@H]1CC. The van der Waals surface area contributed by atoms with Gasteiger partial charge in [-0.3, -0.25) is 0 Å². The van der Waals surface area contributed by atoms with Gasteiger partial charge in [0.15, 0.2) is 0 Å². The van der Waals surface area contributed by atoms with Gasteiger partial charge in [0.1, 0.15) is 6.61 Å². The van der Waals surface area contributed by atoms with Crippen LogP contribution in [0.15, 0.2) is 29.5 Å². The van der Waals surface area contributed by atoms with E-state index in [9.17, 15) is 14.4 Å². The highest BCUT2D eigenvalue weighted by molar-refractivity contribution is 5.95. The summed E-state index contributed by atoms with van der Waals surface area (Å²) in [6.07, 6.45) is 0.510. The number of hydrogen-bond acceptors (Lipinski definition) is 5. The Balaban J connectivity index is 2.23. The number of esters is 2. The summed E-state index contributed by atoms with van der Waals surface area (Å²) >= 11 is 0. The van der Waals surface area contributed by atoms with Crippen LogP contribution in [0, 0.1) is 13.8 Å². The Morgan fingerprint density at radius 2 is 1.85 bits per heavy atom. The highest BCUT2D eigenvalue weighted by Crippen LogP contribution is 2.18. The van der Waals surface area contributed by atoms with E-state index in [0.717, 1.165) is 11.1 Å². The standard InChI is InChI=1S/C19H24N2O5/c1-5-14-16(18(23)25-6-2)15(21-19(24)20-14)10-26-17(22)13-8-7-11(3)9-12(13)4/h7-9,14H,5-6,10H2,1-4H3,(H2,20,21,24)/t14-/m1/s1. The van der Waals surface area contributed by atoms with Crippen molar-refractivity contribution in [3.8, 4) is 0 Å². The molecule has 0 aliphatic carbocycles. The smallest absolute Gasteiger partial charge is 0.338 e. The Hall–Kier alpha value is -2.83. The van der Waals surface area contributed by atoms with Crippen LogP contribution in [0.3, 0.4) is 0 Å². The largest absolute Gasteiger partial charge is 0.463 e. The lowest BCUT2D eigenvalue weighted by atomic mass is 10.0. The Kier molecular flexibility index (Phi) is 6.38. The van der Waals surface area contributed by atoms with E-state index in [-0.39, 0.29) is 24.5 Å². The van der Waals surface area contributed by atoms with Crippen LogP contribution in [0.1, 0.15) is 41.8 Å². The van der Waals surface area contributed by atoms with Gasteiger partial charge in [0, 0.05) is 0 Å². The van der Waals surface area contributed by atoms with Gasteiger partial charge in [-0.25, -0.2) is 14.4 Å². The molecule has 2 N–H and O–H groups in total. The second kappa shape index (κ2) is 8.51. The summed E-state index contributed by atoms with van der Waals surface area (Å²) in [6.45, 7) is 7.30. The summed E-state index contributed by atoms with van der Waals surface area (Å²) in [5, 5.41) is 5.22. The van der Waals surface area contributed by atoms with E-state index in [1.807, 2.05) is 32.9 Å². The van der Waals surface area contributed by atoms with E-state index in [2.05, 4.69) is 10.6 Å². The minimum absolute atomic E-state index is 0.211. The van der Waals surface area contributed by atoms with Crippen LogP contribution in [0.25, 0.3) is 0 Å². The molecule has 0 bridgehead atoms. The number of urea groups is 1. The van der Waals surface area contributed by atoms with Crippen molar-refractivity contribution < 1.29 is 23.9 Å². The van der Waals surface area contributed by atoms with Crippen molar-refractivity contribution in [1.29, 1.82) is 0 Å². The molecule has 0 unspecified atom stereocenters. The molecule has 1 aliphatic rings. The van der Waals surface area contributed by atoms with Crippen molar-refractivity contribution in [2.45, 2.75) is 40.2 Å². The molecule has 1 heterocycles. The van der Waals surface area contributed by atoms with Crippen molar-refractivity contribution in [2.24, 2.45) is 0 Å². The highest BCUT2D eigenvalue weighted by Gasteiger charge is 2.32. The minimum atomic E-state index is -0.538. The fourth-order valence-corrected chi connectivity index (χ4v) is 2.83. The Bertz CT molecular complexity index is 754. The lowest BCUT2D eigenvalue weighted by Gasteiger charge is -2.28. The number of carbonyl (C=O) groups excluding carboxylic acids is 3. The summed E-state index contributed by atoms with van der Waals surface area (Å²) < 4.78 is 10.4. The Labute approximate surface area is 152 Å². The molecule has 1 aromatic carbocycles. The molecule has 0 spiro atoms. The number of nitrogens with one attached hydrogen (secondary N) is 2. The zero-order valence-electron chi connectivity index (χ0n) is 15.5. The molecule has 0 saturated carbocycles. The third-order valence-corrected chi connectivity index (χ3v) is 4.10. The van der Waals surface area contributed by atoms with Gasteiger partial charge < -0.3 is 20.1 Å². The van der Waals surface area contributed by atoms with Crippen molar-refractivity contribution in [1.82, 2.24) is 10.6 Å². The molecule has 1 aliphatic heterocycles. The molecule has 1 atom stereocenters. The predicted molar refractivity (Wildman–Crippen MR) is 95.6 cm³/mol. The maximum absolute atomic E-state index is 12.4. The average Bonchev–Trinajstić information content (AvgIpc) is 2.59. The zero-order valence-corrected chi connectivity index (χ0v) is 15.5. The van der Waals surface area contributed by atoms with Crippen LogP contribution >= 0.6 is 0 Å². The summed E-state index contributed by atoms with van der Waals surface area (Å²) in [6, 6.07) is 4.48. The molecular formula is C19H24N2O5. The monoisotopic (exact) mass is 360 g/mol. The fraction of sp³-hybridized carbons (Fsp3) is 0.421. The molecular weight excluding hydrogens is 336 g/mol. The van der Waals surface area contributed by atoms with Crippen LogP contribution < -0.4 is 10.6 Å². The summed E-state index contributed by atoms with van der Waals surface area (Å²) in [4.78, 5) is 36.5. The summed E-state index contributed by atoms with van der Waals surface area (Å²) in [5.74, 6) is -1.05. The lowest BCUT2D eigenvalue weighted by Crippen LogP contribution is -2.51. The van der Waals surface area contributed by atoms with Crippen LogP contribution in [0.2, 0.25) is 0 Å². The number of benzene rings is 1. The molecule has 0 saturated heterocycles. The topological polar surface area (TPSA) is 93.7 Å². The van der Waals surface area contributed by atoms with E-state index in [1.165, 1.54) is 0 Å². The molecule has 0 radical (unpaired) electrons. The van der Waals surface area contributed by atoms with Crippen molar-refractivity contribution >= 4 is 18.0 Å². The van der Waals surface area contributed by atoms with Crippen LogP contribution in [-0.2, 0) is 14.3 Å². The number of carbonyl (C=O) groups is 3. The van der Waals surface area contributed by atoms with Crippen LogP contribution in [0.5, 0.6) is 0 Å². The highest BCUT2D eigenvalue weighted by atomic mass is 16.5. The van der Waals surface area contributed by atoms with Gasteiger partial charge in [0.2, 0.25) is 0 Å². The molecule has 140 valence electrons. The van der Waals surface area contributed by atoms with E-state index in [1.54, 1.807) is 13.0 Å². The number of aryl methyl sites for hydroxylation is 2. The third-order valence-electron chi connectivity index (χ3n) is 4.10. The molecule has 0 fully saturated rings. The van der Waals surface area contributed by atoms with Crippen LogP contribution in [-0.4, -0.2) is 37.2 Å². The summed E-state index contributed by atoms with van der Waals surface area (Å²) in [7, 11) is 0. The molecule has 2 rings (SSSR count). The zero-order chi connectivity index (χ0) is 19.3. The lowest BCUT2D eigenvalue weighted by molar-refractivity contribution is -0.139. The fourth-order valence-electron chi connectivity index (χ4n) is 2.83. The van der Waals surface area contributed by atoms with Gasteiger partial charge in [0.25, 0.3) is 0 Å². The molecule has 2 amide bonds. The predicted octanol–water partition coefficient (Wildman–Crippen LogP) is 2.37. The van der Waals surface area contributed by atoms with Crippen molar-refractivity contribution in [3.05, 3.63) is 46.2 Å². The second-order valence-electron chi connectivity index (χ2n) is 6.07. The van der Waals surface area contributed by atoms with E-state index in [0.29, 0.717) is 12.0 Å². The Morgan fingerprint density at radius 3 is 2.46 bits per heavy atom. The molecule has 0 aromatic heterocycles. The number of ether oxygens (including phenoxy) is 2. The van der Waals surface area contributed by atoms with Crippen molar-refractivity contribution in [2.75, 3.05) is 13.2 Å². The molecule has 7 heteroatoms. The first-order valence-electron chi connectivity index (χ1n) is 8.59. The van der Waals surface area contributed by atoms with Crippen LogP contribution in [0.4, 0.5) is 4.79 Å². The maximum atomic E-state index is 12.4. The summed E-state index contributed by atoms with van der Waals surface area (Å²) in [5.41, 5.74) is 2.82. The number of hydrogen-bond donors (Lipinski definition) is 2. The van der Waals surface area contributed by atoms with Gasteiger partial charge >= 0.3 is 18.0 Å². The Morgan fingerprint density at radius 1 is 1.12 bits per heavy atom. The molecule has 1 aromatic rings. The van der Waals surface area contributed by atoms with Crippen molar-refractivity contribution in [3.63, 3.8) is 0 Å². The van der Waals surface area contributed by atoms with Gasteiger partial charge in [-0.1, -0.05) is 24.6 Å². The normalized spacial score (nSPS) is 16.6. The van der Waals surface area contributed by atoms with Gasteiger partial charge in [-0.05, 0) is 38.8 Å². The average molecular weight is 360 g/mol. The molecule has 26 heavy (non-hydrogen) atoms. The first-order chi connectivity index (χ1) is 12.4. The first-order valence-corrected chi connectivity index (χ1v) is 8.59. The van der Waals surface area contributed by atoms with E-state index >= 15 is 0 Å². The number of amides is 2. The first kappa shape index (κ1) is 19.5. The number of rotatable bonds is 6. The maximum Gasteiger partial charge on any atom is 0.338 e. The molecule has 7 nitrogen and oxygen atoms in total. The third kappa shape index (κ3) is 4.41. The van der Waals surface area contributed by atoms with E-state index < -0.39 is 24.0 Å². The quantitative estimate of drug-likeness (QED) is 0.760.